The molecule has 0 radical (unpaired) electrons. The quantitative estimate of drug-likeness (QED) is 0.766. The fourth-order valence-electron chi connectivity index (χ4n) is 3.20. The summed E-state index contributed by atoms with van der Waals surface area (Å²) < 4.78 is 0. The molecule has 1 fully saturated rings. The number of hydrogen-bond donors (Lipinski definition) is 1. The van der Waals surface area contributed by atoms with Crippen molar-refractivity contribution >= 4 is 0 Å². The molecular weight excluding hydrogens is 208 g/mol. The van der Waals surface area contributed by atoms with Gasteiger partial charge in [-0.05, 0) is 45.6 Å². The highest BCUT2D eigenvalue weighted by molar-refractivity contribution is 4.85. The Bertz CT molecular complexity index is 205. The molecule has 17 heavy (non-hydrogen) atoms. The van der Waals surface area contributed by atoms with Gasteiger partial charge in [0.15, 0.2) is 0 Å². The molecule has 4 unspecified atom stereocenters. The van der Waals surface area contributed by atoms with Crippen molar-refractivity contribution in [3.05, 3.63) is 0 Å². The summed E-state index contributed by atoms with van der Waals surface area (Å²) in [6.45, 7) is 14.1. The second-order valence-electron chi connectivity index (χ2n) is 5.96. The lowest BCUT2D eigenvalue weighted by atomic mass is 9.93. The third kappa shape index (κ3) is 4.59. The zero-order valence-electron chi connectivity index (χ0n) is 12.5. The van der Waals surface area contributed by atoms with Gasteiger partial charge in [-0.1, -0.05) is 27.2 Å². The Kier molecular flexibility index (Phi) is 6.50. The second kappa shape index (κ2) is 7.38. The number of nitrogens with one attached hydrogen (secondary N) is 1. The normalized spacial score (nSPS) is 30.2. The maximum absolute atomic E-state index is 3.60. The molecule has 102 valence electrons. The molecule has 4 atom stereocenters. The average Bonchev–Trinajstić information content (AvgIpc) is 2.29. The van der Waals surface area contributed by atoms with Crippen LogP contribution < -0.4 is 5.32 Å². The summed E-state index contributed by atoms with van der Waals surface area (Å²) in [6.07, 6.45) is 5.31. The molecule has 0 aromatic rings. The van der Waals surface area contributed by atoms with E-state index >= 15 is 0 Å². The maximum Gasteiger partial charge on any atom is 0.00939 e. The summed E-state index contributed by atoms with van der Waals surface area (Å²) in [6, 6.07) is 2.25. The monoisotopic (exact) mass is 240 g/mol. The molecule has 2 nitrogen and oxygen atoms in total. The van der Waals surface area contributed by atoms with Crippen LogP contribution in [0.25, 0.3) is 0 Å². The van der Waals surface area contributed by atoms with Crippen LogP contribution in [0.4, 0.5) is 0 Å². The van der Waals surface area contributed by atoms with Crippen LogP contribution in [0.5, 0.6) is 0 Å². The fourth-order valence-corrected chi connectivity index (χ4v) is 3.20. The predicted octanol–water partition coefficient (Wildman–Crippen LogP) is 3.27. The Balaban J connectivity index is 2.40. The van der Waals surface area contributed by atoms with Crippen molar-refractivity contribution in [2.24, 2.45) is 5.92 Å². The first-order valence-corrected chi connectivity index (χ1v) is 7.57. The summed E-state index contributed by atoms with van der Waals surface area (Å²) in [5.41, 5.74) is 0. The second-order valence-corrected chi connectivity index (χ2v) is 5.96. The first-order valence-electron chi connectivity index (χ1n) is 7.57. The minimum absolute atomic E-state index is 0.742. The van der Waals surface area contributed by atoms with Crippen LogP contribution in [0, 0.1) is 5.92 Å². The Labute approximate surface area is 108 Å². The zero-order chi connectivity index (χ0) is 12.8. The van der Waals surface area contributed by atoms with E-state index in [0.29, 0.717) is 0 Å². The van der Waals surface area contributed by atoms with Crippen molar-refractivity contribution in [2.45, 2.75) is 78.4 Å². The van der Waals surface area contributed by atoms with E-state index in [0.717, 1.165) is 30.6 Å². The minimum Gasteiger partial charge on any atom is -0.314 e. The van der Waals surface area contributed by atoms with Crippen LogP contribution in [-0.2, 0) is 0 Å². The Morgan fingerprint density at radius 2 is 2.00 bits per heavy atom. The molecule has 1 aliphatic heterocycles. The molecule has 0 aromatic heterocycles. The van der Waals surface area contributed by atoms with E-state index in [1.165, 1.54) is 32.2 Å². The highest BCUT2D eigenvalue weighted by atomic mass is 15.2. The Hall–Kier alpha value is -0.0800. The largest absolute Gasteiger partial charge is 0.314 e. The van der Waals surface area contributed by atoms with Crippen molar-refractivity contribution in [2.75, 3.05) is 13.1 Å². The van der Waals surface area contributed by atoms with Gasteiger partial charge in [0.05, 0.1) is 0 Å². The van der Waals surface area contributed by atoms with E-state index in [2.05, 4.69) is 44.8 Å². The SMILES string of the molecule is CCNC1CCN(C(C)CC(C)CC)C(C)C1. The van der Waals surface area contributed by atoms with Gasteiger partial charge in [-0.2, -0.15) is 0 Å². The van der Waals surface area contributed by atoms with Crippen LogP contribution in [0.2, 0.25) is 0 Å². The van der Waals surface area contributed by atoms with Crippen molar-refractivity contribution < 1.29 is 0 Å². The van der Waals surface area contributed by atoms with Crippen LogP contribution in [0.1, 0.15) is 60.3 Å². The molecular formula is C15H32N2. The molecule has 0 aliphatic carbocycles. The van der Waals surface area contributed by atoms with Gasteiger partial charge in [-0.3, -0.25) is 4.90 Å². The molecule has 1 N–H and O–H groups in total. The zero-order valence-corrected chi connectivity index (χ0v) is 12.5. The molecule has 1 saturated heterocycles. The molecule has 0 spiro atoms. The van der Waals surface area contributed by atoms with Gasteiger partial charge < -0.3 is 5.32 Å². The Morgan fingerprint density at radius 3 is 2.53 bits per heavy atom. The fraction of sp³-hybridized carbons (Fsp3) is 1.00. The van der Waals surface area contributed by atoms with E-state index in [-0.39, 0.29) is 0 Å². The van der Waals surface area contributed by atoms with E-state index in [9.17, 15) is 0 Å². The van der Waals surface area contributed by atoms with Gasteiger partial charge in [0.1, 0.15) is 0 Å². The van der Waals surface area contributed by atoms with E-state index < -0.39 is 0 Å². The van der Waals surface area contributed by atoms with Gasteiger partial charge in [0.2, 0.25) is 0 Å². The molecule has 0 aromatic carbocycles. The first-order chi connectivity index (χ1) is 8.08. The number of likely N-dealkylation sites (tertiary alicyclic amines) is 1. The average molecular weight is 240 g/mol. The number of nitrogens with zero attached hydrogens (tertiary/aromatic N) is 1. The topological polar surface area (TPSA) is 15.3 Å². The van der Waals surface area contributed by atoms with Gasteiger partial charge in [0.25, 0.3) is 0 Å². The highest BCUT2D eigenvalue weighted by Crippen LogP contribution is 2.23. The lowest BCUT2D eigenvalue weighted by Crippen LogP contribution is -2.50. The van der Waals surface area contributed by atoms with Crippen molar-refractivity contribution in [3.8, 4) is 0 Å². The van der Waals surface area contributed by atoms with Crippen LogP contribution >= 0.6 is 0 Å². The maximum atomic E-state index is 3.60. The first kappa shape index (κ1) is 15.0. The van der Waals surface area contributed by atoms with E-state index in [1.54, 1.807) is 0 Å². The summed E-state index contributed by atoms with van der Waals surface area (Å²) in [4.78, 5) is 2.72. The highest BCUT2D eigenvalue weighted by Gasteiger charge is 2.28. The molecule has 0 saturated carbocycles. The van der Waals surface area contributed by atoms with Crippen LogP contribution in [0.15, 0.2) is 0 Å². The van der Waals surface area contributed by atoms with Crippen molar-refractivity contribution in [1.82, 2.24) is 10.2 Å². The smallest absolute Gasteiger partial charge is 0.00939 e. The molecule has 0 amide bonds. The summed E-state index contributed by atoms with van der Waals surface area (Å²) in [5, 5.41) is 3.60. The van der Waals surface area contributed by atoms with E-state index in [1.807, 2.05) is 0 Å². The van der Waals surface area contributed by atoms with Gasteiger partial charge in [-0.15, -0.1) is 0 Å². The standard InChI is InChI=1S/C15H32N2/c1-6-12(3)10-13(4)17-9-8-15(16-7-2)11-14(17)5/h12-16H,6-11H2,1-5H3. The van der Waals surface area contributed by atoms with Gasteiger partial charge in [0, 0.05) is 24.7 Å². The van der Waals surface area contributed by atoms with Crippen molar-refractivity contribution in [3.63, 3.8) is 0 Å². The summed E-state index contributed by atoms with van der Waals surface area (Å²) >= 11 is 0. The molecule has 1 rings (SSSR count). The molecule has 0 bridgehead atoms. The Morgan fingerprint density at radius 1 is 1.29 bits per heavy atom. The third-order valence-electron chi connectivity index (χ3n) is 4.43. The van der Waals surface area contributed by atoms with Crippen molar-refractivity contribution in [1.29, 1.82) is 0 Å². The van der Waals surface area contributed by atoms with Crippen LogP contribution in [0.3, 0.4) is 0 Å². The van der Waals surface area contributed by atoms with Crippen LogP contribution in [-0.4, -0.2) is 36.1 Å². The summed E-state index contributed by atoms with van der Waals surface area (Å²) in [5.74, 6) is 0.865. The number of piperidine rings is 1. The molecule has 1 heterocycles. The lowest BCUT2D eigenvalue weighted by molar-refractivity contribution is 0.0840. The molecule has 1 aliphatic rings. The predicted molar refractivity (Wildman–Crippen MR) is 76.4 cm³/mol. The third-order valence-corrected chi connectivity index (χ3v) is 4.43. The van der Waals surface area contributed by atoms with E-state index in [4.69, 9.17) is 0 Å². The summed E-state index contributed by atoms with van der Waals surface area (Å²) in [7, 11) is 0. The van der Waals surface area contributed by atoms with Gasteiger partial charge >= 0.3 is 0 Å². The minimum atomic E-state index is 0.742. The van der Waals surface area contributed by atoms with Gasteiger partial charge in [-0.25, -0.2) is 0 Å². The lowest BCUT2D eigenvalue weighted by Gasteiger charge is -2.42. The molecule has 2 heteroatoms. The number of hydrogen-bond acceptors (Lipinski definition) is 2. The number of rotatable bonds is 6.